The van der Waals surface area contributed by atoms with Gasteiger partial charge in [-0.1, -0.05) is 18.2 Å². The second-order valence-electron chi connectivity index (χ2n) is 9.74. The first-order valence-corrected chi connectivity index (χ1v) is 14.2. The lowest BCUT2D eigenvalue weighted by atomic mass is 10.1. The zero-order valence-corrected chi connectivity index (χ0v) is 21.7. The van der Waals surface area contributed by atoms with Crippen LogP contribution in [-0.2, 0) is 23.1 Å². The molecule has 196 valence electrons. The molecule has 0 radical (unpaired) electrons. The van der Waals surface area contributed by atoms with Crippen LogP contribution in [0.4, 0.5) is 4.39 Å². The molecule has 37 heavy (non-hydrogen) atoms. The van der Waals surface area contributed by atoms with Crippen LogP contribution in [-0.4, -0.2) is 72.9 Å². The molecule has 0 atom stereocenters. The van der Waals surface area contributed by atoms with E-state index in [0.717, 1.165) is 45.0 Å². The van der Waals surface area contributed by atoms with E-state index in [9.17, 15) is 12.8 Å². The van der Waals surface area contributed by atoms with E-state index in [1.165, 1.54) is 39.7 Å². The van der Waals surface area contributed by atoms with Crippen LogP contribution in [0.3, 0.4) is 0 Å². The molecular weight excluding hydrogens is 491 g/mol. The largest absolute Gasteiger partial charge is 0.490 e. The summed E-state index contributed by atoms with van der Waals surface area (Å²) in [7, 11) is -3.62. The Hall–Kier alpha value is -2.85. The maximum absolute atomic E-state index is 13.2. The van der Waals surface area contributed by atoms with Gasteiger partial charge >= 0.3 is 0 Å². The molecule has 0 bridgehead atoms. The molecule has 2 aliphatic heterocycles. The van der Waals surface area contributed by atoms with Gasteiger partial charge in [0.05, 0.1) is 4.90 Å². The Labute approximate surface area is 218 Å². The fourth-order valence-electron chi connectivity index (χ4n) is 4.97. The Morgan fingerprint density at radius 1 is 0.838 bits per heavy atom. The molecule has 0 spiro atoms. The normalized spacial score (nSPS) is 18.6. The maximum Gasteiger partial charge on any atom is 0.243 e. The van der Waals surface area contributed by atoms with E-state index in [1.807, 2.05) is 30.6 Å². The number of piperidine rings is 1. The summed E-state index contributed by atoms with van der Waals surface area (Å²) in [5, 5.41) is 0. The molecule has 2 aliphatic rings. The van der Waals surface area contributed by atoms with Crippen molar-refractivity contribution in [1.29, 1.82) is 0 Å². The number of piperazine rings is 1. The highest BCUT2D eigenvalue weighted by atomic mass is 32.2. The van der Waals surface area contributed by atoms with Crippen LogP contribution in [0.25, 0.3) is 0 Å². The number of aromatic nitrogens is 1. The molecule has 2 fully saturated rings. The number of ether oxygens (including phenoxy) is 1. The summed E-state index contributed by atoms with van der Waals surface area (Å²) >= 11 is 0. The summed E-state index contributed by atoms with van der Waals surface area (Å²) in [5.74, 6) is 0.379. The van der Waals surface area contributed by atoms with E-state index in [1.54, 1.807) is 0 Å². The standard InChI is InChI=1S/C28H33FN4O3S/c29-25-6-8-28(9-7-25)37(34,35)33-13-10-26(11-14-33)36-27-5-1-3-23(19-27)21-31-15-17-32(18-16-31)22-24-4-2-12-30-20-24/h1-9,12,19-20,26H,10-11,13-18,21-22H2. The fraction of sp³-hybridized carbons (Fsp3) is 0.393. The third-order valence-electron chi connectivity index (χ3n) is 7.05. The van der Waals surface area contributed by atoms with Crippen molar-refractivity contribution in [3.8, 4) is 5.75 Å². The van der Waals surface area contributed by atoms with Crippen molar-refractivity contribution in [2.45, 2.75) is 36.9 Å². The highest BCUT2D eigenvalue weighted by Gasteiger charge is 2.30. The molecule has 9 heteroatoms. The quantitative estimate of drug-likeness (QED) is 0.447. The van der Waals surface area contributed by atoms with Gasteiger partial charge in [0.2, 0.25) is 10.0 Å². The average molecular weight is 525 g/mol. The van der Waals surface area contributed by atoms with Crippen LogP contribution in [0.5, 0.6) is 5.75 Å². The molecule has 7 nitrogen and oxygen atoms in total. The summed E-state index contributed by atoms with van der Waals surface area (Å²) in [6.07, 6.45) is 4.94. The van der Waals surface area contributed by atoms with E-state index in [0.29, 0.717) is 25.9 Å². The van der Waals surface area contributed by atoms with Crippen LogP contribution in [0.1, 0.15) is 24.0 Å². The monoisotopic (exact) mass is 524 g/mol. The number of hydrogen-bond donors (Lipinski definition) is 0. The van der Waals surface area contributed by atoms with E-state index < -0.39 is 15.8 Å². The minimum Gasteiger partial charge on any atom is -0.490 e. The number of sulfonamides is 1. The van der Waals surface area contributed by atoms with Crippen LogP contribution in [0.2, 0.25) is 0 Å². The molecule has 0 aliphatic carbocycles. The number of benzene rings is 2. The van der Waals surface area contributed by atoms with Crippen molar-refractivity contribution in [1.82, 2.24) is 19.1 Å². The first-order valence-electron chi connectivity index (χ1n) is 12.8. The number of pyridine rings is 1. The summed E-state index contributed by atoms with van der Waals surface area (Å²) < 4.78 is 46.6. The SMILES string of the molecule is O=S(=O)(c1ccc(F)cc1)N1CCC(Oc2cccc(CN3CCN(Cc4cccnc4)CC3)c2)CC1. The van der Waals surface area contributed by atoms with Gasteiger partial charge in [-0.15, -0.1) is 0 Å². The highest BCUT2D eigenvalue weighted by Crippen LogP contribution is 2.25. The van der Waals surface area contributed by atoms with Crippen molar-refractivity contribution < 1.29 is 17.5 Å². The van der Waals surface area contributed by atoms with Gasteiger partial charge in [-0.25, -0.2) is 12.8 Å². The summed E-state index contributed by atoms with van der Waals surface area (Å²) in [4.78, 5) is 9.27. The second-order valence-corrected chi connectivity index (χ2v) is 11.7. The van der Waals surface area contributed by atoms with Gasteiger partial charge < -0.3 is 4.74 Å². The van der Waals surface area contributed by atoms with Crippen LogP contribution < -0.4 is 4.74 Å². The van der Waals surface area contributed by atoms with Gasteiger partial charge in [-0.2, -0.15) is 4.31 Å². The van der Waals surface area contributed by atoms with E-state index >= 15 is 0 Å². The van der Waals surface area contributed by atoms with E-state index in [4.69, 9.17) is 4.74 Å². The van der Waals surface area contributed by atoms with Gasteiger partial charge in [0.1, 0.15) is 17.7 Å². The van der Waals surface area contributed by atoms with Crippen molar-refractivity contribution >= 4 is 10.0 Å². The first kappa shape index (κ1) is 25.8. The zero-order chi connectivity index (χ0) is 25.7. The van der Waals surface area contributed by atoms with Gasteiger partial charge in [-0.3, -0.25) is 14.8 Å². The number of hydrogen-bond acceptors (Lipinski definition) is 6. The minimum absolute atomic E-state index is 0.0362. The van der Waals surface area contributed by atoms with Gasteiger partial charge in [0, 0.05) is 64.8 Å². The summed E-state index contributed by atoms with van der Waals surface area (Å²) in [5.41, 5.74) is 2.47. The predicted octanol–water partition coefficient (Wildman–Crippen LogP) is 3.77. The molecule has 0 unspecified atom stereocenters. The zero-order valence-electron chi connectivity index (χ0n) is 20.9. The molecule has 0 N–H and O–H groups in total. The van der Waals surface area contributed by atoms with Crippen molar-refractivity contribution in [2.24, 2.45) is 0 Å². The number of halogens is 1. The molecule has 1 aromatic heterocycles. The molecule has 5 rings (SSSR count). The maximum atomic E-state index is 13.2. The first-order chi connectivity index (χ1) is 18.0. The smallest absolute Gasteiger partial charge is 0.243 e. The Bertz CT molecular complexity index is 1260. The number of rotatable bonds is 8. The molecule has 3 heterocycles. The Morgan fingerprint density at radius 2 is 1.49 bits per heavy atom. The van der Waals surface area contributed by atoms with Gasteiger partial charge in [0.15, 0.2) is 0 Å². The second kappa shape index (κ2) is 11.7. The molecule has 2 saturated heterocycles. The van der Waals surface area contributed by atoms with Crippen LogP contribution >= 0.6 is 0 Å². The van der Waals surface area contributed by atoms with Gasteiger partial charge in [0.25, 0.3) is 0 Å². The number of nitrogens with zero attached hydrogens (tertiary/aromatic N) is 4. The topological polar surface area (TPSA) is 66.0 Å². The van der Waals surface area contributed by atoms with E-state index in [2.05, 4.69) is 33.0 Å². The highest BCUT2D eigenvalue weighted by molar-refractivity contribution is 7.89. The predicted molar refractivity (Wildman–Crippen MR) is 140 cm³/mol. The Kier molecular flexibility index (Phi) is 8.14. The van der Waals surface area contributed by atoms with Crippen molar-refractivity contribution in [3.63, 3.8) is 0 Å². The molecule has 2 aromatic carbocycles. The lowest BCUT2D eigenvalue weighted by molar-refractivity contribution is 0.121. The average Bonchev–Trinajstić information content (AvgIpc) is 2.91. The van der Waals surface area contributed by atoms with Crippen LogP contribution in [0, 0.1) is 5.82 Å². The third-order valence-corrected chi connectivity index (χ3v) is 8.97. The summed E-state index contributed by atoms with van der Waals surface area (Å²) in [6.45, 7) is 6.69. The van der Waals surface area contributed by atoms with Crippen LogP contribution in [0.15, 0.2) is 78.0 Å². The third kappa shape index (κ3) is 6.73. The lowest BCUT2D eigenvalue weighted by Gasteiger charge is -2.34. The summed E-state index contributed by atoms with van der Waals surface area (Å²) in [6, 6.07) is 17.3. The lowest BCUT2D eigenvalue weighted by Crippen LogP contribution is -2.45. The van der Waals surface area contributed by atoms with Gasteiger partial charge in [-0.05, 0) is 66.4 Å². The molecule has 0 saturated carbocycles. The fourth-order valence-corrected chi connectivity index (χ4v) is 6.44. The van der Waals surface area contributed by atoms with Crippen molar-refractivity contribution in [3.05, 3.63) is 90.0 Å². The minimum atomic E-state index is -3.62. The van der Waals surface area contributed by atoms with E-state index in [-0.39, 0.29) is 11.0 Å². The molecule has 3 aromatic rings. The molecule has 0 amide bonds. The Morgan fingerprint density at radius 3 is 2.14 bits per heavy atom. The Balaban J connectivity index is 1.09. The van der Waals surface area contributed by atoms with Crippen molar-refractivity contribution in [2.75, 3.05) is 39.3 Å². The molecular formula is C28H33FN4O3S.